The fourth-order valence-electron chi connectivity index (χ4n) is 2.25. The normalized spacial score (nSPS) is 19.7. The van der Waals surface area contributed by atoms with Crippen LogP contribution in [0.3, 0.4) is 0 Å². The van der Waals surface area contributed by atoms with Crippen molar-refractivity contribution in [3.63, 3.8) is 0 Å². The van der Waals surface area contributed by atoms with E-state index in [2.05, 4.69) is 5.32 Å². The van der Waals surface area contributed by atoms with E-state index in [-0.39, 0.29) is 17.9 Å². The number of carbonyl (C=O) groups excluding carboxylic acids is 2. The number of amides is 2. The zero-order valence-corrected chi connectivity index (χ0v) is 12.1. The molecule has 1 fully saturated rings. The summed E-state index contributed by atoms with van der Waals surface area (Å²) in [6, 6.07) is 1.35. The van der Waals surface area contributed by atoms with E-state index >= 15 is 0 Å². The number of rotatable bonds is 2. The third kappa shape index (κ3) is 2.61. The van der Waals surface area contributed by atoms with Crippen LogP contribution in [0.5, 0.6) is 0 Å². The number of hydrogen-bond acceptors (Lipinski definition) is 2. The average molecular weight is 284 g/mol. The molecule has 2 rings (SSSR count). The summed E-state index contributed by atoms with van der Waals surface area (Å²) < 4.78 is 1.84. The number of carbonyl (C=O) groups is 2. The van der Waals surface area contributed by atoms with Crippen molar-refractivity contribution in [2.75, 3.05) is 13.1 Å². The third-order valence-electron chi connectivity index (χ3n) is 3.35. The second-order valence-electron chi connectivity index (χ2n) is 5.01. The lowest BCUT2D eigenvalue weighted by Crippen LogP contribution is -2.56. The van der Waals surface area contributed by atoms with Gasteiger partial charge in [-0.3, -0.25) is 9.59 Å². The van der Waals surface area contributed by atoms with Crippen LogP contribution in [0.2, 0.25) is 5.02 Å². The molecule has 19 heavy (non-hydrogen) atoms. The van der Waals surface area contributed by atoms with E-state index in [0.717, 1.165) is 0 Å². The summed E-state index contributed by atoms with van der Waals surface area (Å²) >= 11 is 5.99. The molecule has 0 aliphatic carbocycles. The number of hydrogen-bond donors (Lipinski definition) is 1. The van der Waals surface area contributed by atoms with Crippen molar-refractivity contribution in [2.45, 2.75) is 32.9 Å². The molecule has 0 aromatic carbocycles. The number of piperazine rings is 1. The van der Waals surface area contributed by atoms with Gasteiger partial charge < -0.3 is 14.8 Å². The molecule has 0 radical (unpaired) electrons. The Labute approximate surface area is 117 Å². The second kappa shape index (κ2) is 5.25. The van der Waals surface area contributed by atoms with E-state index < -0.39 is 6.04 Å². The molecule has 1 aromatic heterocycles. The zero-order valence-electron chi connectivity index (χ0n) is 11.3. The summed E-state index contributed by atoms with van der Waals surface area (Å²) in [5.74, 6) is -0.267. The van der Waals surface area contributed by atoms with Gasteiger partial charge in [0.2, 0.25) is 5.91 Å². The van der Waals surface area contributed by atoms with Crippen molar-refractivity contribution >= 4 is 23.4 Å². The van der Waals surface area contributed by atoms with Crippen LogP contribution in [0.25, 0.3) is 0 Å². The van der Waals surface area contributed by atoms with Gasteiger partial charge >= 0.3 is 0 Å². The molecule has 1 atom stereocenters. The van der Waals surface area contributed by atoms with Gasteiger partial charge in [-0.15, -0.1) is 0 Å². The van der Waals surface area contributed by atoms with Gasteiger partial charge in [0, 0.05) is 25.3 Å². The highest BCUT2D eigenvalue weighted by Gasteiger charge is 2.31. The maximum Gasteiger partial charge on any atom is 0.271 e. The van der Waals surface area contributed by atoms with Crippen LogP contribution in [0.1, 0.15) is 37.3 Å². The number of aromatic nitrogens is 1. The van der Waals surface area contributed by atoms with E-state index in [9.17, 15) is 9.59 Å². The van der Waals surface area contributed by atoms with Gasteiger partial charge in [-0.1, -0.05) is 11.6 Å². The highest BCUT2D eigenvalue weighted by Crippen LogP contribution is 2.21. The molecule has 0 bridgehead atoms. The Balaban J connectivity index is 2.31. The standard InChI is InChI=1S/C13H18ClN3O2/c1-8(2)17-7-10(14)6-11(17)13(19)16-5-4-15-12(18)9(16)3/h6-9H,4-5H2,1-3H3,(H,15,18). The van der Waals surface area contributed by atoms with Crippen LogP contribution in [0.4, 0.5) is 0 Å². The fraction of sp³-hybridized carbons (Fsp3) is 0.538. The Hall–Kier alpha value is -1.49. The lowest BCUT2D eigenvalue weighted by molar-refractivity contribution is -0.127. The predicted octanol–water partition coefficient (Wildman–Crippen LogP) is 1.68. The smallest absolute Gasteiger partial charge is 0.271 e. The summed E-state index contributed by atoms with van der Waals surface area (Å²) in [7, 11) is 0. The molecule has 2 amide bonds. The molecule has 1 aliphatic rings. The van der Waals surface area contributed by atoms with Crippen LogP contribution in [0, 0.1) is 0 Å². The predicted molar refractivity (Wildman–Crippen MR) is 73.3 cm³/mol. The van der Waals surface area contributed by atoms with Gasteiger partial charge in [0.1, 0.15) is 11.7 Å². The summed E-state index contributed by atoms with van der Waals surface area (Å²) in [5, 5.41) is 3.28. The first-order valence-corrected chi connectivity index (χ1v) is 6.75. The van der Waals surface area contributed by atoms with Gasteiger partial charge in [-0.25, -0.2) is 0 Å². The van der Waals surface area contributed by atoms with Gasteiger partial charge in [0.25, 0.3) is 5.91 Å². The first-order chi connectivity index (χ1) is 8.91. The molecule has 1 N–H and O–H groups in total. The van der Waals surface area contributed by atoms with Gasteiger partial charge in [-0.2, -0.15) is 0 Å². The molecule has 0 saturated carbocycles. The van der Waals surface area contributed by atoms with Crippen LogP contribution >= 0.6 is 11.6 Å². The number of nitrogens with zero attached hydrogens (tertiary/aromatic N) is 2. The van der Waals surface area contributed by atoms with E-state index in [1.165, 1.54) is 0 Å². The maximum absolute atomic E-state index is 12.6. The Morgan fingerprint density at radius 3 is 2.84 bits per heavy atom. The quantitative estimate of drug-likeness (QED) is 0.898. The molecule has 1 unspecified atom stereocenters. The minimum Gasteiger partial charge on any atom is -0.353 e. The molecule has 2 heterocycles. The van der Waals surface area contributed by atoms with E-state index in [0.29, 0.717) is 23.8 Å². The van der Waals surface area contributed by atoms with Crippen molar-refractivity contribution in [2.24, 2.45) is 0 Å². The first-order valence-electron chi connectivity index (χ1n) is 6.38. The van der Waals surface area contributed by atoms with E-state index in [4.69, 9.17) is 11.6 Å². The third-order valence-corrected chi connectivity index (χ3v) is 3.56. The van der Waals surface area contributed by atoms with Gasteiger partial charge in [0.15, 0.2) is 0 Å². The largest absolute Gasteiger partial charge is 0.353 e. The lowest BCUT2D eigenvalue weighted by atomic mass is 10.2. The van der Waals surface area contributed by atoms with Crippen LogP contribution < -0.4 is 5.32 Å². The van der Waals surface area contributed by atoms with Crippen LogP contribution in [-0.2, 0) is 4.79 Å². The topological polar surface area (TPSA) is 54.3 Å². The summed E-state index contributed by atoms with van der Waals surface area (Å²) in [6.07, 6.45) is 1.74. The SMILES string of the molecule is CC1C(=O)NCCN1C(=O)c1cc(Cl)cn1C(C)C. The van der Waals surface area contributed by atoms with Crippen molar-refractivity contribution in [1.82, 2.24) is 14.8 Å². The summed E-state index contributed by atoms with van der Waals surface area (Å²) in [5.41, 5.74) is 0.529. The van der Waals surface area contributed by atoms with Crippen molar-refractivity contribution in [3.8, 4) is 0 Å². The van der Waals surface area contributed by atoms with E-state index in [1.54, 1.807) is 24.1 Å². The molecule has 1 aliphatic heterocycles. The highest BCUT2D eigenvalue weighted by atomic mass is 35.5. The molecule has 5 nitrogen and oxygen atoms in total. The molecular formula is C13H18ClN3O2. The Morgan fingerprint density at radius 1 is 1.53 bits per heavy atom. The number of nitrogens with one attached hydrogen (secondary N) is 1. The lowest BCUT2D eigenvalue weighted by Gasteiger charge is -2.33. The number of halogens is 1. The summed E-state index contributed by atoms with van der Waals surface area (Å²) in [6.45, 7) is 6.72. The van der Waals surface area contributed by atoms with Crippen LogP contribution in [-0.4, -0.2) is 40.4 Å². The van der Waals surface area contributed by atoms with Crippen molar-refractivity contribution < 1.29 is 9.59 Å². The molecule has 1 aromatic rings. The van der Waals surface area contributed by atoms with Gasteiger partial charge in [-0.05, 0) is 26.8 Å². The second-order valence-corrected chi connectivity index (χ2v) is 5.45. The van der Waals surface area contributed by atoms with Crippen molar-refractivity contribution in [1.29, 1.82) is 0 Å². The Kier molecular flexibility index (Phi) is 3.85. The Bertz CT molecular complexity index is 510. The van der Waals surface area contributed by atoms with Gasteiger partial charge in [0.05, 0.1) is 5.02 Å². The monoisotopic (exact) mass is 283 g/mol. The zero-order chi connectivity index (χ0) is 14.2. The Morgan fingerprint density at radius 2 is 2.21 bits per heavy atom. The van der Waals surface area contributed by atoms with Crippen molar-refractivity contribution in [3.05, 3.63) is 23.0 Å². The molecular weight excluding hydrogens is 266 g/mol. The minimum absolute atomic E-state index is 0.117. The minimum atomic E-state index is -0.449. The molecule has 6 heteroatoms. The highest BCUT2D eigenvalue weighted by molar-refractivity contribution is 6.31. The first kappa shape index (κ1) is 13.9. The average Bonchev–Trinajstić information content (AvgIpc) is 2.74. The fourth-order valence-corrected chi connectivity index (χ4v) is 2.46. The molecule has 1 saturated heterocycles. The van der Waals surface area contributed by atoms with E-state index in [1.807, 2.05) is 18.4 Å². The molecule has 104 valence electrons. The maximum atomic E-state index is 12.6. The molecule has 0 spiro atoms. The summed E-state index contributed by atoms with van der Waals surface area (Å²) in [4.78, 5) is 25.8. The van der Waals surface area contributed by atoms with Crippen LogP contribution in [0.15, 0.2) is 12.3 Å².